The summed E-state index contributed by atoms with van der Waals surface area (Å²) in [4.78, 5) is 4.27. The van der Waals surface area contributed by atoms with Crippen molar-refractivity contribution in [1.82, 2.24) is 9.55 Å². The summed E-state index contributed by atoms with van der Waals surface area (Å²) in [6.45, 7) is 0.523. The van der Waals surface area contributed by atoms with Crippen LogP contribution in [0.4, 0.5) is 5.69 Å². The maximum absolute atomic E-state index is 5.94. The Morgan fingerprint density at radius 2 is 2.35 bits per heavy atom. The van der Waals surface area contributed by atoms with E-state index < -0.39 is 0 Å². The molecule has 1 unspecified atom stereocenters. The van der Waals surface area contributed by atoms with Crippen LogP contribution < -0.4 is 15.8 Å². The number of benzene rings is 1. The zero-order valence-corrected chi connectivity index (χ0v) is 11.6. The minimum Gasteiger partial charge on any atom is -0.497 e. The highest BCUT2D eigenvalue weighted by Crippen LogP contribution is 2.37. The van der Waals surface area contributed by atoms with Crippen molar-refractivity contribution in [3.8, 4) is 5.75 Å². The van der Waals surface area contributed by atoms with Crippen LogP contribution in [0.2, 0.25) is 0 Å². The zero-order chi connectivity index (χ0) is 13.9. The normalized spacial score (nSPS) is 15.9. The van der Waals surface area contributed by atoms with Crippen LogP contribution in [0.5, 0.6) is 5.75 Å². The number of imidazole rings is 1. The van der Waals surface area contributed by atoms with Crippen molar-refractivity contribution in [2.75, 3.05) is 19.0 Å². The maximum atomic E-state index is 5.94. The Morgan fingerprint density at radius 1 is 1.50 bits per heavy atom. The molecule has 1 saturated carbocycles. The number of hydrogen-bond donors (Lipinski definition) is 2. The Hall–Kier alpha value is -2.01. The topological polar surface area (TPSA) is 65.1 Å². The fourth-order valence-electron chi connectivity index (χ4n) is 2.41. The molecule has 1 heterocycles. The van der Waals surface area contributed by atoms with Crippen molar-refractivity contribution in [3.63, 3.8) is 0 Å². The summed E-state index contributed by atoms with van der Waals surface area (Å²) in [5.41, 5.74) is 8.09. The van der Waals surface area contributed by atoms with Gasteiger partial charge in [-0.05, 0) is 25.0 Å². The van der Waals surface area contributed by atoms with Gasteiger partial charge in [0.25, 0.3) is 0 Å². The molecular weight excluding hydrogens is 252 g/mol. The molecule has 5 heteroatoms. The highest BCUT2D eigenvalue weighted by atomic mass is 16.5. The summed E-state index contributed by atoms with van der Waals surface area (Å²) in [5.74, 6) is 0.835. The molecule has 0 saturated heterocycles. The summed E-state index contributed by atoms with van der Waals surface area (Å²) in [7, 11) is 1.67. The second kappa shape index (κ2) is 5.54. The summed E-state index contributed by atoms with van der Waals surface area (Å²) < 4.78 is 7.48. The first-order valence-electron chi connectivity index (χ1n) is 6.94. The zero-order valence-electron chi connectivity index (χ0n) is 11.6. The van der Waals surface area contributed by atoms with Gasteiger partial charge in [-0.15, -0.1) is 0 Å². The smallest absolute Gasteiger partial charge is 0.120 e. The Morgan fingerprint density at radius 3 is 3.05 bits per heavy atom. The molecule has 106 valence electrons. The lowest BCUT2D eigenvalue weighted by atomic mass is 10.2. The van der Waals surface area contributed by atoms with Gasteiger partial charge in [-0.25, -0.2) is 4.98 Å². The van der Waals surface area contributed by atoms with E-state index in [1.54, 1.807) is 7.11 Å². The number of rotatable bonds is 6. The molecule has 1 atom stereocenters. The minimum atomic E-state index is 0.0604. The first-order valence-corrected chi connectivity index (χ1v) is 6.94. The van der Waals surface area contributed by atoms with Gasteiger partial charge in [0.2, 0.25) is 0 Å². The third-order valence-corrected chi connectivity index (χ3v) is 3.64. The van der Waals surface area contributed by atoms with Crippen LogP contribution in [0.1, 0.15) is 30.6 Å². The quantitative estimate of drug-likeness (QED) is 0.847. The van der Waals surface area contributed by atoms with E-state index in [0.29, 0.717) is 12.6 Å². The van der Waals surface area contributed by atoms with Crippen LogP contribution in [-0.4, -0.2) is 23.2 Å². The minimum absolute atomic E-state index is 0.0604. The van der Waals surface area contributed by atoms with Gasteiger partial charge in [0, 0.05) is 24.3 Å². The van der Waals surface area contributed by atoms with Gasteiger partial charge in [-0.2, -0.15) is 0 Å². The van der Waals surface area contributed by atoms with Gasteiger partial charge < -0.3 is 20.4 Å². The Balaban J connectivity index is 1.80. The van der Waals surface area contributed by atoms with Crippen LogP contribution in [0, 0.1) is 0 Å². The number of hydrogen-bond acceptors (Lipinski definition) is 4. The molecule has 0 amide bonds. The monoisotopic (exact) mass is 272 g/mol. The number of methoxy groups -OCH3 is 1. The second-order valence-corrected chi connectivity index (χ2v) is 5.12. The van der Waals surface area contributed by atoms with Gasteiger partial charge in [-0.1, -0.05) is 6.07 Å². The fraction of sp³-hybridized carbons (Fsp3) is 0.400. The van der Waals surface area contributed by atoms with Crippen molar-refractivity contribution >= 4 is 5.69 Å². The molecule has 3 N–H and O–H groups in total. The predicted molar refractivity (Wildman–Crippen MR) is 78.9 cm³/mol. The Bertz CT molecular complexity index is 577. The van der Waals surface area contributed by atoms with E-state index in [2.05, 4.69) is 14.9 Å². The molecule has 3 rings (SSSR count). The Kier molecular flexibility index (Phi) is 3.60. The fourth-order valence-corrected chi connectivity index (χ4v) is 2.41. The number of nitrogens with zero attached hydrogens (tertiary/aromatic N) is 2. The number of nitrogens with two attached hydrogens (primary N) is 1. The molecule has 1 aliphatic rings. The molecule has 0 bridgehead atoms. The molecule has 0 radical (unpaired) electrons. The average Bonchev–Trinajstić information content (AvgIpc) is 3.22. The lowest BCUT2D eigenvalue weighted by Gasteiger charge is -2.20. The van der Waals surface area contributed by atoms with E-state index in [1.807, 2.05) is 36.8 Å². The van der Waals surface area contributed by atoms with Crippen molar-refractivity contribution < 1.29 is 4.74 Å². The highest BCUT2D eigenvalue weighted by Gasteiger charge is 2.27. The number of anilines is 1. The summed E-state index contributed by atoms with van der Waals surface area (Å²) in [6.07, 6.45) is 6.28. The molecule has 5 nitrogen and oxygen atoms in total. The van der Waals surface area contributed by atoms with Gasteiger partial charge in [0.15, 0.2) is 0 Å². The standard InChI is InChI=1S/C15H20N4O/c1-20-13-4-2-3-11(7-13)18-14(8-16)15-9-17-10-19(15)12-5-6-12/h2-4,7,9-10,12,14,18H,5-6,8,16H2,1H3. The number of ether oxygens (including phenoxy) is 1. The van der Waals surface area contributed by atoms with Crippen LogP contribution in [-0.2, 0) is 0 Å². The molecule has 1 aliphatic carbocycles. The maximum Gasteiger partial charge on any atom is 0.120 e. The summed E-state index contributed by atoms with van der Waals surface area (Å²) in [5, 5.41) is 3.46. The van der Waals surface area contributed by atoms with E-state index >= 15 is 0 Å². The van der Waals surface area contributed by atoms with E-state index in [0.717, 1.165) is 17.1 Å². The number of nitrogens with one attached hydrogen (secondary N) is 1. The van der Waals surface area contributed by atoms with Crippen molar-refractivity contribution in [2.24, 2.45) is 5.73 Å². The van der Waals surface area contributed by atoms with Crippen molar-refractivity contribution in [3.05, 3.63) is 42.5 Å². The highest BCUT2D eigenvalue weighted by molar-refractivity contribution is 5.49. The SMILES string of the molecule is COc1cccc(NC(CN)c2cncn2C2CC2)c1. The third kappa shape index (κ3) is 2.63. The van der Waals surface area contributed by atoms with Crippen LogP contribution >= 0.6 is 0 Å². The van der Waals surface area contributed by atoms with Gasteiger partial charge in [0.05, 0.1) is 31.4 Å². The molecule has 1 fully saturated rings. The van der Waals surface area contributed by atoms with E-state index in [4.69, 9.17) is 10.5 Å². The molecular formula is C15H20N4O. The largest absolute Gasteiger partial charge is 0.497 e. The molecule has 1 aromatic carbocycles. The van der Waals surface area contributed by atoms with Crippen molar-refractivity contribution in [2.45, 2.75) is 24.9 Å². The molecule has 20 heavy (non-hydrogen) atoms. The van der Waals surface area contributed by atoms with E-state index in [9.17, 15) is 0 Å². The second-order valence-electron chi connectivity index (χ2n) is 5.12. The van der Waals surface area contributed by atoms with Crippen LogP contribution in [0.15, 0.2) is 36.8 Å². The first kappa shape index (κ1) is 13.0. The van der Waals surface area contributed by atoms with E-state index in [-0.39, 0.29) is 6.04 Å². The predicted octanol–water partition coefficient (Wildman–Crippen LogP) is 2.34. The lowest BCUT2D eigenvalue weighted by molar-refractivity contribution is 0.415. The van der Waals surface area contributed by atoms with Gasteiger partial charge in [-0.3, -0.25) is 0 Å². The lowest BCUT2D eigenvalue weighted by Crippen LogP contribution is -2.23. The Labute approximate surface area is 118 Å². The van der Waals surface area contributed by atoms with Crippen molar-refractivity contribution in [1.29, 1.82) is 0 Å². The molecule has 2 aromatic rings. The molecule has 0 aliphatic heterocycles. The third-order valence-electron chi connectivity index (χ3n) is 3.64. The van der Waals surface area contributed by atoms with Crippen LogP contribution in [0.3, 0.4) is 0 Å². The van der Waals surface area contributed by atoms with Gasteiger partial charge >= 0.3 is 0 Å². The summed E-state index contributed by atoms with van der Waals surface area (Å²) >= 11 is 0. The number of aromatic nitrogens is 2. The average molecular weight is 272 g/mol. The van der Waals surface area contributed by atoms with E-state index in [1.165, 1.54) is 12.8 Å². The molecule has 1 aromatic heterocycles. The first-order chi connectivity index (χ1) is 9.81. The van der Waals surface area contributed by atoms with Crippen LogP contribution in [0.25, 0.3) is 0 Å². The summed E-state index contributed by atoms with van der Waals surface area (Å²) in [6, 6.07) is 8.55. The molecule has 0 spiro atoms. The van der Waals surface area contributed by atoms with Gasteiger partial charge in [0.1, 0.15) is 5.75 Å².